The number of ether oxygens (including phenoxy) is 2. The minimum atomic E-state index is -0.443. The number of nitrogens with one attached hydrogen (secondary N) is 1. The van der Waals surface area contributed by atoms with Gasteiger partial charge in [-0.2, -0.15) is 5.10 Å². The zero-order chi connectivity index (χ0) is 22.9. The molecule has 0 amide bonds. The van der Waals surface area contributed by atoms with Crippen LogP contribution >= 0.6 is 0 Å². The van der Waals surface area contributed by atoms with Crippen molar-refractivity contribution in [1.29, 1.82) is 0 Å². The Hall–Kier alpha value is -3.33. The minimum Gasteiger partial charge on any atom is -0.494 e. The molecular formula is C23H28FN5O3. The molecule has 3 rings (SSSR count). The SMILES string of the molecule is CCC(=O)c1cc(CCc2cnc(Nc3cnn(CCCOC)c3)nc2)c(F)c(OC)c1. The number of anilines is 2. The summed E-state index contributed by atoms with van der Waals surface area (Å²) in [6, 6.07) is 3.05. The number of rotatable bonds is 12. The fraction of sp³-hybridized carbons (Fsp3) is 0.391. The van der Waals surface area contributed by atoms with E-state index >= 15 is 0 Å². The Morgan fingerprint density at radius 1 is 1.16 bits per heavy atom. The fourth-order valence-corrected chi connectivity index (χ4v) is 3.23. The number of carbonyl (C=O) groups excluding carboxylic acids is 1. The summed E-state index contributed by atoms with van der Waals surface area (Å²) in [5.41, 5.74) is 2.54. The molecule has 0 spiro atoms. The highest BCUT2D eigenvalue weighted by molar-refractivity contribution is 5.96. The molecule has 0 aliphatic rings. The summed E-state index contributed by atoms with van der Waals surface area (Å²) in [5, 5.41) is 7.40. The summed E-state index contributed by atoms with van der Waals surface area (Å²) < 4.78 is 26.6. The van der Waals surface area contributed by atoms with Crippen molar-refractivity contribution in [2.45, 2.75) is 39.2 Å². The van der Waals surface area contributed by atoms with E-state index in [9.17, 15) is 9.18 Å². The first kappa shape index (κ1) is 23.3. The van der Waals surface area contributed by atoms with Gasteiger partial charge in [-0.15, -0.1) is 0 Å². The summed E-state index contributed by atoms with van der Waals surface area (Å²) in [5.74, 6) is 0.0404. The van der Waals surface area contributed by atoms with Crippen LogP contribution in [0, 0.1) is 5.82 Å². The van der Waals surface area contributed by atoms with Gasteiger partial charge < -0.3 is 14.8 Å². The Morgan fingerprint density at radius 2 is 1.94 bits per heavy atom. The first-order valence-electron chi connectivity index (χ1n) is 10.5. The molecule has 0 radical (unpaired) electrons. The molecule has 8 nitrogen and oxygen atoms in total. The third kappa shape index (κ3) is 6.10. The number of carbonyl (C=O) groups is 1. The molecule has 170 valence electrons. The average Bonchev–Trinajstić information content (AvgIpc) is 3.26. The van der Waals surface area contributed by atoms with Crippen LogP contribution in [0.1, 0.15) is 41.3 Å². The van der Waals surface area contributed by atoms with E-state index in [1.54, 1.807) is 38.7 Å². The maximum atomic E-state index is 14.6. The van der Waals surface area contributed by atoms with Crippen molar-refractivity contribution in [1.82, 2.24) is 19.7 Å². The number of hydrogen-bond donors (Lipinski definition) is 1. The number of Topliss-reactive ketones (excluding diaryl/α,β-unsaturated/α-hetero) is 1. The van der Waals surface area contributed by atoms with Gasteiger partial charge in [-0.25, -0.2) is 14.4 Å². The lowest BCUT2D eigenvalue weighted by molar-refractivity contribution is 0.0987. The molecule has 2 aromatic heterocycles. The van der Waals surface area contributed by atoms with Gasteiger partial charge in [0.15, 0.2) is 17.3 Å². The lowest BCUT2D eigenvalue weighted by Gasteiger charge is -2.11. The molecule has 0 fully saturated rings. The first-order chi connectivity index (χ1) is 15.5. The van der Waals surface area contributed by atoms with Crippen LogP contribution in [0.5, 0.6) is 5.75 Å². The van der Waals surface area contributed by atoms with Crippen molar-refractivity contribution in [2.75, 3.05) is 26.1 Å². The van der Waals surface area contributed by atoms with Crippen molar-refractivity contribution in [3.8, 4) is 5.75 Å². The molecule has 1 aromatic carbocycles. The van der Waals surface area contributed by atoms with Crippen molar-refractivity contribution < 1.29 is 18.7 Å². The normalized spacial score (nSPS) is 10.9. The zero-order valence-electron chi connectivity index (χ0n) is 18.6. The Morgan fingerprint density at radius 3 is 2.62 bits per heavy atom. The lowest BCUT2D eigenvalue weighted by atomic mass is 10.00. The maximum Gasteiger partial charge on any atom is 0.227 e. The zero-order valence-corrected chi connectivity index (χ0v) is 18.6. The highest BCUT2D eigenvalue weighted by Gasteiger charge is 2.15. The Kier molecular flexibility index (Phi) is 8.27. The van der Waals surface area contributed by atoms with Gasteiger partial charge in [-0.3, -0.25) is 9.48 Å². The smallest absolute Gasteiger partial charge is 0.227 e. The predicted octanol–water partition coefficient (Wildman–Crippen LogP) is 3.98. The molecule has 3 aromatic rings. The van der Waals surface area contributed by atoms with E-state index in [0.717, 1.165) is 24.2 Å². The third-order valence-corrected chi connectivity index (χ3v) is 4.99. The Balaban J connectivity index is 1.61. The van der Waals surface area contributed by atoms with Crippen LogP contribution in [0.2, 0.25) is 0 Å². The predicted molar refractivity (Wildman–Crippen MR) is 119 cm³/mol. The summed E-state index contributed by atoms with van der Waals surface area (Å²) >= 11 is 0. The topological polar surface area (TPSA) is 91.2 Å². The van der Waals surface area contributed by atoms with Crippen LogP contribution in [-0.2, 0) is 24.1 Å². The first-order valence-corrected chi connectivity index (χ1v) is 10.5. The molecule has 2 heterocycles. The van der Waals surface area contributed by atoms with E-state index in [-0.39, 0.29) is 11.5 Å². The third-order valence-electron chi connectivity index (χ3n) is 4.99. The van der Waals surface area contributed by atoms with E-state index in [4.69, 9.17) is 9.47 Å². The summed E-state index contributed by atoms with van der Waals surface area (Å²) in [7, 11) is 3.07. The molecule has 0 unspecified atom stereocenters. The molecule has 0 saturated carbocycles. The summed E-state index contributed by atoms with van der Waals surface area (Å²) in [4.78, 5) is 20.7. The quantitative estimate of drug-likeness (QED) is 0.336. The number of halogens is 1. The second-order valence-electron chi connectivity index (χ2n) is 7.31. The van der Waals surface area contributed by atoms with Gasteiger partial charge >= 0.3 is 0 Å². The van der Waals surface area contributed by atoms with Crippen LogP contribution in [-0.4, -0.2) is 46.4 Å². The Bertz CT molecular complexity index is 1040. The van der Waals surface area contributed by atoms with Gasteiger partial charge in [-0.1, -0.05) is 6.92 Å². The fourth-order valence-electron chi connectivity index (χ4n) is 3.23. The van der Waals surface area contributed by atoms with E-state index in [1.807, 2.05) is 10.9 Å². The monoisotopic (exact) mass is 441 g/mol. The molecule has 32 heavy (non-hydrogen) atoms. The van der Waals surface area contributed by atoms with Gasteiger partial charge in [0.1, 0.15) is 0 Å². The van der Waals surface area contributed by atoms with Crippen molar-refractivity contribution in [3.05, 3.63) is 59.4 Å². The molecule has 9 heteroatoms. The van der Waals surface area contributed by atoms with Crippen molar-refractivity contribution in [2.24, 2.45) is 0 Å². The molecule has 0 saturated heterocycles. The number of ketones is 1. The number of aromatic nitrogens is 4. The molecule has 1 N–H and O–H groups in total. The van der Waals surface area contributed by atoms with Crippen LogP contribution in [0.15, 0.2) is 36.9 Å². The second-order valence-corrected chi connectivity index (χ2v) is 7.31. The standard InChI is InChI=1S/C23H28FN5O3/c1-4-20(30)18-10-17(22(24)21(11-18)32-3)7-6-16-12-25-23(26-13-16)28-19-14-27-29(15-19)8-5-9-31-2/h10-15H,4-9H2,1-3H3,(H,25,26,28). The number of hydrogen-bond acceptors (Lipinski definition) is 7. The van der Waals surface area contributed by atoms with Crippen LogP contribution in [0.3, 0.4) is 0 Å². The minimum absolute atomic E-state index is 0.0506. The van der Waals surface area contributed by atoms with Crippen LogP contribution < -0.4 is 10.1 Å². The second kappa shape index (κ2) is 11.3. The van der Waals surface area contributed by atoms with Crippen molar-refractivity contribution >= 4 is 17.4 Å². The maximum absolute atomic E-state index is 14.6. The Labute approximate surface area is 186 Å². The largest absolute Gasteiger partial charge is 0.494 e. The average molecular weight is 442 g/mol. The number of aryl methyl sites for hydroxylation is 3. The molecule has 0 aliphatic carbocycles. The number of nitrogens with zero attached hydrogens (tertiary/aromatic N) is 4. The van der Waals surface area contributed by atoms with Crippen LogP contribution in [0.4, 0.5) is 16.0 Å². The van der Waals surface area contributed by atoms with Crippen molar-refractivity contribution in [3.63, 3.8) is 0 Å². The van der Waals surface area contributed by atoms with Gasteiger partial charge in [0.05, 0.1) is 19.0 Å². The summed E-state index contributed by atoms with van der Waals surface area (Å²) in [6.07, 6.45) is 9.16. The molecule has 0 atom stereocenters. The molecular weight excluding hydrogens is 413 g/mol. The lowest BCUT2D eigenvalue weighted by Crippen LogP contribution is -2.04. The van der Waals surface area contributed by atoms with Crippen LogP contribution in [0.25, 0.3) is 0 Å². The van der Waals surface area contributed by atoms with Gasteiger partial charge in [0.2, 0.25) is 5.95 Å². The van der Waals surface area contributed by atoms with E-state index in [0.29, 0.717) is 42.9 Å². The van der Waals surface area contributed by atoms with Gasteiger partial charge in [0, 0.05) is 50.8 Å². The highest BCUT2D eigenvalue weighted by Crippen LogP contribution is 2.25. The van der Waals surface area contributed by atoms with Gasteiger partial charge in [-0.05, 0) is 42.5 Å². The van der Waals surface area contributed by atoms with E-state index in [1.165, 1.54) is 13.2 Å². The highest BCUT2D eigenvalue weighted by atomic mass is 19.1. The molecule has 0 bridgehead atoms. The molecule has 0 aliphatic heterocycles. The number of benzene rings is 1. The van der Waals surface area contributed by atoms with E-state index in [2.05, 4.69) is 20.4 Å². The van der Waals surface area contributed by atoms with Gasteiger partial charge in [0.25, 0.3) is 0 Å². The number of methoxy groups -OCH3 is 2. The van der Waals surface area contributed by atoms with E-state index < -0.39 is 5.82 Å². The summed E-state index contributed by atoms with van der Waals surface area (Å²) in [6.45, 7) is 3.22.